The van der Waals surface area contributed by atoms with Gasteiger partial charge >= 0.3 is 5.97 Å². The predicted octanol–water partition coefficient (Wildman–Crippen LogP) is 2.31. The van der Waals surface area contributed by atoms with Gasteiger partial charge in [-0.2, -0.15) is 0 Å². The van der Waals surface area contributed by atoms with E-state index < -0.39 is 5.97 Å². The molecule has 1 aromatic carbocycles. The minimum atomic E-state index is -0.859. The summed E-state index contributed by atoms with van der Waals surface area (Å²) >= 11 is 0. The minimum Gasteiger partial charge on any atom is -0.478 e. The van der Waals surface area contributed by atoms with E-state index in [4.69, 9.17) is 9.84 Å². The molecule has 1 N–H and O–H groups in total. The molecule has 1 aromatic rings. The van der Waals surface area contributed by atoms with Crippen LogP contribution in [0.3, 0.4) is 0 Å². The number of anilines is 1. The van der Waals surface area contributed by atoms with Crippen molar-refractivity contribution in [2.75, 3.05) is 31.2 Å². The molecule has 0 saturated carbocycles. The molecule has 2 aliphatic heterocycles. The van der Waals surface area contributed by atoms with E-state index in [1.807, 2.05) is 13.0 Å². The number of carboxylic acids is 1. The Kier molecular flexibility index (Phi) is 2.97. The number of hydrogen-bond donors (Lipinski definition) is 1. The number of carbonyl (C=O) groups is 1. The number of aryl methyl sites for hydroxylation is 1. The first-order valence-electron chi connectivity index (χ1n) is 6.76. The molecule has 2 aliphatic rings. The van der Waals surface area contributed by atoms with Crippen LogP contribution in [-0.2, 0) is 4.74 Å². The second-order valence-corrected chi connectivity index (χ2v) is 5.77. The maximum atomic E-state index is 11.1. The first-order chi connectivity index (χ1) is 9.10. The zero-order valence-electron chi connectivity index (χ0n) is 11.2. The Bertz CT molecular complexity index is 498. The third kappa shape index (κ3) is 2.21. The van der Waals surface area contributed by atoms with Crippen LogP contribution in [0.2, 0.25) is 0 Å². The molecule has 0 amide bonds. The molecule has 2 saturated heterocycles. The Morgan fingerprint density at radius 2 is 2.00 bits per heavy atom. The standard InChI is InChI=1S/C15H19NO3/c1-11-2-3-12(14(17)18)8-13(11)16-9-15(10-16)4-6-19-7-5-15/h2-3,8H,4-7,9-10H2,1H3,(H,17,18). The van der Waals surface area contributed by atoms with Gasteiger partial charge in [-0.05, 0) is 37.5 Å². The van der Waals surface area contributed by atoms with Crippen molar-refractivity contribution in [1.29, 1.82) is 0 Å². The highest BCUT2D eigenvalue weighted by Gasteiger charge is 2.44. The third-order valence-corrected chi connectivity index (χ3v) is 4.40. The van der Waals surface area contributed by atoms with Crippen molar-refractivity contribution < 1.29 is 14.6 Å². The molecule has 102 valence electrons. The van der Waals surface area contributed by atoms with E-state index in [2.05, 4.69) is 4.90 Å². The van der Waals surface area contributed by atoms with Crippen LogP contribution < -0.4 is 4.90 Å². The molecule has 0 bridgehead atoms. The van der Waals surface area contributed by atoms with Crippen LogP contribution in [0.5, 0.6) is 0 Å². The molecule has 0 aromatic heterocycles. The Labute approximate surface area is 113 Å². The summed E-state index contributed by atoms with van der Waals surface area (Å²) in [5.41, 5.74) is 2.99. The molecule has 1 spiro atoms. The Hall–Kier alpha value is -1.55. The van der Waals surface area contributed by atoms with Gasteiger partial charge in [-0.25, -0.2) is 4.79 Å². The highest BCUT2D eigenvalue weighted by molar-refractivity contribution is 5.89. The number of aromatic carboxylic acids is 1. The highest BCUT2D eigenvalue weighted by Crippen LogP contribution is 2.42. The zero-order chi connectivity index (χ0) is 13.5. The Balaban J connectivity index is 1.77. The van der Waals surface area contributed by atoms with Gasteiger partial charge < -0.3 is 14.7 Å². The van der Waals surface area contributed by atoms with Gasteiger partial charge in [0, 0.05) is 37.4 Å². The Morgan fingerprint density at radius 3 is 2.63 bits per heavy atom. The van der Waals surface area contributed by atoms with Gasteiger partial charge in [-0.1, -0.05) is 6.07 Å². The molecule has 4 nitrogen and oxygen atoms in total. The highest BCUT2D eigenvalue weighted by atomic mass is 16.5. The monoisotopic (exact) mass is 261 g/mol. The van der Waals surface area contributed by atoms with Crippen LogP contribution in [-0.4, -0.2) is 37.4 Å². The average Bonchev–Trinajstić information content (AvgIpc) is 2.37. The van der Waals surface area contributed by atoms with E-state index in [-0.39, 0.29) is 0 Å². The maximum absolute atomic E-state index is 11.1. The average molecular weight is 261 g/mol. The molecule has 0 aliphatic carbocycles. The normalized spacial score (nSPS) is 21.2. The topological polar surface area (TPSA) is 49.8 Å². The molecule has 19 heavy (non-hydrogen) atoms. The molecular weight excluding hydrogens is 242 g/mol. The number of rotatable bonds is 2. The summed E-state index contributed by atoms with van der Waals surface area (Å²) in [5, 5.41) is 9.08. The maximum Gasteiger partial charge on any atom is 0.335 e. The van der Waals surface area contributed by atoms with Gasteiger partial charge in [0.25, 0.3) is 0 Å². The summed E-state index contributed by atoms with van der Waals surface area (Å²) < 4.78 is 5.42. The lowest BCUT2D eigenvalue weighted by Gasteiger charge is -2.53. The van der Waals surface area contributed by atoms with Crippen molar-refractivity contribution in [3.8, 4) is 0 Å². The molecule has 4 heteroatoms. The molecule has 0 unspecified atom stereocenters. The fraction of sp³-hybridized carbons (Fsp3) is 0.533. The van der Waals surface area contributed by atoms with Gasteiger partial charge in [0.1, 0.15) is 0 Å². The fourth-order valence-electron chi connectivity index (χ4n) is 3.14. The number of nitrogens with zero attached hydrogens (tertiary/aromatic N) is 1. The smallest absolute Gasteiger partial charge is 0.335 e. The van der Waals surface area contributed by atoms with Crippen LogP contribution in [0.1, 0.15) is 28.8 Å². The quantitative estimate of drug-likeness (QED) is 0.887. The van der Waals surface area contributed by atoms with E-state index in [0.717, 1.165) is 50.4 Å². The molecule has 2 fully saturated rings. The van der Waals surface area contributed by atoms with E-state index in [1.165, 1.54) is 0 Å². The molecule has 0 radical (unpaired) electrons. The van der Waals surface area contributed by atoms with Gasteiger partial charge in [0.05, 0.1) is 5.56 Å². The zero-order valence-corrected chi connectivity index (χ0v) is 11.2. The lowest BCUT2D eigenvalue weighted by atomic mass is 9.73. The summed E-state index contributed by atoms with van der Waals surface area (Å²) in [6.07, 6.45) is 2.25. The summed E-state index contributed by atoms with van der Waals surface area (Å²) in [6.45, 7) is 5.82. The largest absolute Gasteiger partial charge is 0.478 e. The summed E-state index contributed by atoms with van der Waals surface area (Å²) in [4.78, 5) is 13.4. The van der Waals surface area contributed by atoms with Crippen molar-refractivity contribution >= 4 is 11.7 Å². The number of carboxylic acid groups (broad SMARTS) is 1. The van der Waals surface area contributed by atoms with Crippen molar-refractivity contribution in [3.05, 3.63) is 29.3 Å². The van der Waals surface area contributed by atoms with Crippen LogP contribution in [0.4, 0.5) is 5.69 Å². The first kappa shape index (κ1) is 12.5. The fourth-order valence-corrected chi connectivity index (χ4v) is 3.14. The minimum absolute atomic E-state index is 0.369. The van der Waals surface area contributed by atoms with Crippen LogP contribution in [0.15, 0.2) is 18.2 Å². The molecule has 2 heterocycles. The van der Waals surface area contributed by atoms with Crippen LogP contribution >= 0.6 is 0 Å². The van der Waals surface area contributed by atoms with Crippen molar-refractivity contribution in [2.24, 2.45) is 5.41 Å². The van der Waals surface area contributed by atoms with E-state index in [9.17, 15) is 4.79 Å². The SMILES string of the molecule is Cc1ccc(C(=O)O)cc1N1CC2(CCOCC2)C1. The van der Waals surface area contributed by atoms with E-state index in [1.54, 1.807) is 12.1 Å². The molecule has 3 rings (SSSR count). The van der Waals surface area contributed by atoms with Gasteiger partial charge in [-0.15, -0.1) is 0 Å². The van der Waals surface area contributed by atoms with Crippen molar-refractivity contribution in [1.82, 2.24) is 0 Å². The summed E-state index contributed by atoms with van der Waals surface area (Å²) in [6, 6.07) is 5.36. The second kappa shape index (κ2) is 4.53. The second-order valence-electron chi connectivity index (χ2n) is 5.77. The summed E-state index contributed by atoms with van der Waals surface area (Å²) in [5.74, 6) is -0.859. The molecule has 0 atom stereocenters. The number of hydrogen-bond acceptors (Lipinski definition) is 3. The lowest BCUT2D eigenvalue weighted by Crippen LogP contribution is -2.58. The Morgan fingerprint density at radius 1 is 1.32 bits per heavy atom. The molecular formula is C15H19NO3. The van der Waals surface area contributed by atoms with E-state index in [0.29, 0.717) is 11.0 Å². The van der Waals surface area contributed by atoms with Crippen molar-refractivity contribution in [2.45, 2.75) is 19.8 Å². The third-order valence-electron chi connectivity index (χ3n) is 4.40. The number of benzene rings is 1. The summed E-state index contributed by atoms with van der Waals surface area (Å²) in [7, 11) is 0. The lowest BCUT2D eigenvalue weighted by molar-refractivity contribution is -0.000225. The number of ether oxygens (including phenoxy) is 1. The van der Waals surface area contributed by atoms with Gasteiger partial charge in [0.15, 0.2) is 0 Å². The van der Waals surface area contributed by atoms with E-state index >= 15 is 0 Å². The van der Waals surface area contributed by atoms with Crippen LogP contribution in [0, 0.1) is 12.3 Å². The van der Waals surface area contributed by atoms with Gasteiger partial charge in [-0.3, -0.25) is 0 Å². The first-order valence-corrected chi connectivity index (χ1v) is 6.76. The van der Waals surface area contributed by atoms with Crippen molar-refractivity contribution in [3.63, 3.8) is 0 Å². The predicted molar refractivity (Wildman–Crippen MR) is 72.8 cm³/mol. The van der Waals surface area contributed by atoms with Crippen LogP contribution in [0.25, 0.3) is 0 Å². The van der Waals surface area contributed by atoms with Gasteiger partial charge in [0.2, 0.25) is 0 Å².